The Bertz CT molecular complexity index is 516. The van der Waals surface area contributed by atoms with E-state index in [1.807, 2.05) is 0 Å². The predicted molar refractivity (Wildman–Crippen MR) is 182 cm³/mol. The van der Waals surface area contributed by atoms with Gasteiger partial charge in [0.2, 0.25) is 0 Å². The van der Waals surface area contributed by atoms with Crippen LogP contribution in [0.1, 0.15) is 155 Å². The standard InChI is InChI=1S/2C17H31P.2ClH.Pd/c2*1-2-3-10-15-18(16-11-6-4-7-12-16)17-13-8-5-9-14-17;;;/h2*3,10,16-17H,2,4-9,11-15H2,1H3;2*1H;/q;;;;+2/p-2. The van der Waals surface area contributed by atoms with Crippen molar-refractivity contribution in [3.05, 3.63) is 24.3 Å². The van der Waals surface area contributed by atoms with Crippen molar-refractivity contribution in [2.45, 2.75) is 178 Å². The summed E-state index contributed by atoms with van der Waals surface area (Å²) in [7, 11) is 10.2. The van der Waals surface area contributed by atoms with Crippen LogP contribution in [0, 0.1) is 0 Å². The Labute approximate surface area is 263 Å². The summed E-state index contributed by atoms with van der Waals surface area (Å²) in [4.78, 5) is 0. The third-order valence-electron chi connectivity index (χ3n) is 9.61. The number of allylic oxidation sites excluding steroid dienone is 4. The molecule has 4 saturated carbocycles. The minimum absolute atomic E-state index is 0.106. The van der Waals surface area contributed by atoms with Gasteiger partial charge >= 0.3 is 35.0 Å². The van der Waals surface area contributed by atoms with Crippen molar-refractivity contribution in [1.82, 2.24) is 0 Å². The van der Waals surface area contributed by atoms with E-state index in [1.165, 1.54) is 102 Å². The summed E-state index contributed by atoms with van der Waals surface area (Å²) in [5, 5.41) is 0. The van der Waals surface area contributed by atoms with Crippen LogP contribution in [0.4, 0.5) is 0 Å². The quantitative estimate of drug-likeness (QED) is 0.120. The fourth-order valence-corrected chi connectivity index (χ4v) is 14.9. The molecule has 0 saturated heterocycles. The van der Waals surface area contributed by atoms with E-state index in [0.717, 1.165) is 22.6 Å². The Hall–Kier alpha value is 1.58. The van der Waals surface area contributed by atoms with Gasteiger partial charge in [0.15, 0.2) is 0 Å². The number of hydrogen-bond acceptors (Lipinski definition) is 0. The van der Waals surface area contributed by atoms with E-state index in [2.05, 4.69) is 38.2 Å². The molecule has 0 unspecified atom stereocenters. The second kappa shape index (κ2) is 25.0. The Morgan fingerprint density at radius 3 is 0.897 bits per heavy atom. The Kier molecular flexibility index (Phi) is 23.5. The zero-order valence-corrected chi connectivity index (χ0v) is 30.4. The average Bonchev–Trinajstić information content (AvgIpc) is 3.00. The van der Waals surface area contributed by atoms with Gasteiger partial charge in [0.25, 0.3) is 0 Å². The van der Waals surface area contributed by atoms with E-state index in [1.54, 1.807) is 51.4 Å². The first-order valence-corrected chi connectivity index (χ1v) is 24.2. The van der Waals surface area contributed by atoms with Crippen molar-refractivity contribution in [2.75, 3.05) is 12.3 Å². The van der Waals surface area contributed by atoms with Gasteiger partial charge in [0.05, 0.1) is 0 Å². The summed E-state index contributed by atoms with van der Waals surface area (Å²) in [6.07, 6.45) is 45.9. The minimum atomic E-state index is -0.106. The monoisotopic (exact) mass is 708 g/mol. The predicted octanol–water partition coefficient (Wildman–Crippen LogP) is 13.6. The molecular formula is C34H62Cl2P2Pd. The number of halogens is 2. The van der Waals surface area contributed by atoms with Crippen LogP contribution in [0.3, 0.4) is 0 Å². The van der Waals surface area contributed by atoms with E-state index < -0.39 is 0 Å². The molecule has 4 rings (SSSR count). The molecule has 0 atom stereocenters. The summed E-state index contributed by atoms with van der Waals surface area (Å²) in [6, 6.07) is 0. The molecule has 0 aromatic heterocycles. The fourth-order valence-electron chi connectivity index (χ4n) is 7.57. The molecule has 0 spiro atoms. The molecule has 0 bridgehead atoms. The molecular weight excluding hydrogens is 648 g/mol. The molecule has 4 aliphatic rings. The summed E-state index contributed by atoms with van der Waals surface area (Å²) >= 11 is -0.106. The molecule has 0 aromatic rings. The summed E-state index contributed by atoms with van der Waals surface area (Å²) in [5.41, 5.74) is 4.49. The van der Waals surface area contributed by atoms with Gasteiger partial charge in [0, 0.05) is 0 Å². The third kappa shape index (κ3) is 15.7. The van der Waals surface area contributed by atoms with Crippen LogP contribution in [0.5, 0.6) is 0 Å². The van der Waals surface area contributed by atoms with Crippen LogP contribution in [0.15, 0.2) is 24.3 Å². The van der Waals surface area contributed by atoms with Crippen molar-refractivity contribution < 1.29 is 15.9 Å². The van der Waals surface area contributed by atoms with Crippen LogP contribution in [0.2, 0.25) is 0 Å². The molecule has 232 valence electrons. The van der Waals surface area contributed by atoms with E-state index >= 15 is 0 Å². The molecule has 0 aliphatic heterocycles. The van der Waals surface area contributed by atoms with Gasteiger partial charge < -0.3 is 0 Å². The zero-order chi connectivity index (χ0) is 28.0. The molecule has 0 aromatic carbocycles. The van der Waals surface area contributed by atoms with Crippen molar-refractivity contribution in [3.8, 4) is 0 Å². The third-order valence-corrected chi connectivity index (χ3v) is 16.7. The van der Waals surface area contributed by atoms with Crippen LogP contribution in [-0.4, -0.2) is 35.0 Å². The van der Waals surface area contributed by atoms with Gasteiger partial charge in [-0.1, -0.05) is 131 Å². The average molecular weight is 710 g/mol. The second-order valence-corrected chi connectivity index (χ2v) is 20.4. The maximum absolute atomic E-state index is 4.81. The molecule has 5 heteroatoms. The van der Waals surface area contributed by atoms with Crippen LogP contribution < -0.4 is 0 Å². The maximum atomic E-state index is 4.81. The molecule has 0 N–H and O–H groups in total. The number of rotatable bonds is 10. The van der Waals surface area contributed by atoms with E-state index in [4.69, 9.17) is 19.1 Å². The Morgan fingerprint density at radius 1 is 0.462 bits per heavy atom. The Morgan fingerprint density at radius 2 is 0.692 bits per heavy atom. The SMILES string of the molecule is CCC=CCP(C1CCCCC1)C1CCCCC1.CCC=CCP(C1CCCCC1)C1CCCCC1.[Cl][Pd][Cl]. The summed E-state index contributed by atoms with van der Waals surface area (Å²) in [6.45, 7) is 4.53. The van der Waals surface area contributed by atoms with Crippen LogP contribution >= 0.6 is 34.9 Å². The molecule has 0 amide bonds. The first-order chi connectivity index (χ1) is 19.2. The van der Waals surface area contributed by atoms with Crippen molar-refractivity contribution >= 4 is 34.9 Å². The van der Waals surface area contributed by atoms with Gasteiger partial charge in [-0.05, 0) is 99.2 Å². The molecule has 4 fully saturated rings. The summed E-state index contributed by atoms with van der Waals surface area (Å²) < 4.78 is 0. The number of hydrogen-bond donors (Lipinski definition) is 0. The van der Waals surface area contributed by atoms with E-state index in [0.29, 0.717) is 15.8 Å². The first-order valence-electron chi connectivity index (χ1n) is 16.9. The normalized spacial score (nSPS) is 22.8. The van der Waals surface area contributed by atoms with Gasteiger partial charge in [-0.25, -0.2) is 0 Å². The van der Waals surface area contributed by atoms with Crippen LogP contribution in [0.25, 0.3) is 0 Å². The fraction of sp³-hybridized carbons (Fsp3) is 0.882. The second-order valence-electron chi connectivity index (χ2n) is 12.4. The first kappa shape index (κ1) is 36.8. The van der Waals surface area contributed by atoms with E-state index in [9.17, 15) is 0 Å². The van der Waals surface area contributed by atoms with Crippen molar-refractivity contribution in [3.63, 3.8) is 0 Å². The molecule has 4 aliphatic carbocycles. The van der Waals surface area contributed by atoms with Gasteiger partial charge in [0.1, 0.15) is 0 Å². The molecule has 0 heterocycles. The Balaban J connectivity index is 0.000000249. The van der Waals surface area contributed by atoms with Gasteiger partial charge in [-0.2, -0.15) is 0 Å². The van der Waals surface area contributed by atoms with Crippen LogP contribution in [-0.2, 0) is 15.9 Å². The van der Waals surface area contributed by atoms with Gasteiger partial charge in [-0.3, -0.25) is 0 Å². The van der Waals surface area contributed by atoms with Crippen molar-refractivity contribution in [1.29, 1.82) is 0 Å². The molecule has 0 nitrogen and oxygen atoms in total. The topological polar surface area (TPSA) is 0 Å². The van der Waals surface area contributed by atoms with Crippen molar-refractivity contribution in [2.24, 2.45) is 0 Å². The van der Waals surface area contributed by atoms with E-state index in [-0.39, 0.29) is 15.9 Å². The zero-order valence-electron chi connectivity index (χ0n) is 25.6. The summed E-state index contributed by atoms with van der Waals surface area (Å²) in [5.74, 6) is 0. The molecule has 39 heavy (non-hydrogen) atoms. The molecule has 0 radical (unpaired) electrons. The van der Waals surface area contributed by atoms with Gasteiger partial charge in [-0.15, -0.1) is 0 Å².